The van der Waals surface area contributed by atoms with E-state index in [4.69, 9.17) is 4.74 Å². The molecule has 0 aromatic heterocycles. The minimum Gasteiger partial charge on any atom is -0.384 e. The molecular weight excluding hydrogens is 252 g/mol. The number of halogens is 1. The standard InChI is InChI=1S/C13H24N2O2.ClH/c1-13(5-6-14-10-13)12(16)15-7-3-11(4-8-15)9-17-2;/h11,14H,3-10H2,1-2H3;1H. The molecule has 4 nitrogen and oxygen atoms in total. The minimum atomic E-state index is -0.159. The fourth-order valence-corrected chi connectivity index (χ4v) is 2.92. The zero-order valence-corrected chi connectivity index (χ0v) is 12.2. The Hall–Kier alpha value is -0.320. The molecule has 2 saturated heterocycles. The van der Waals surface area contributed by atoms with E-state index in [1.807, 2.05) is 0 Å². The first-order valence-corrected chi connectivity index (χ1v) is 6.65. The van der Waals surface area contributed by atoms with Crippen LogP contribution in [-0.2, 0) is 9.53 Å². The molecule has 0 aromatic rings. The molecular formula is C13H25ClN2O2. The van der Waals surface area contributed by atoms with Gasteiger partial charge in [0, 0.05) is 33.4 Å². The highest BCUT2D eigenvalue weighted by molar-refractivity contribution is 5.85. The summed E-state index contributed by atoms with van der Waals surface area (Å²) in [5.74, 6) is 0.983. The third-order valence-corrected chi connectivity index (χ3v) is 4.19. The van der Waals surface area contributed by atoms with Gasteiger partial charge in [0.1, 0.15) is 0 Å². The summed E-state index contributed by atoms with van der Waals surface area (Å²) in [4.78, 5) is 14.5. The highest BCUT2D eigenvalue weighted by Gasteiger charge is 2.39. The molecule has 0 aliphatic carbocycles. The third kappa shape index (κ3) is 3.37. The van der Waals surface area contributed by atoms with Gasteiger partial charge in [-0.3, -0.25) is 4.79 Å². The summed E-state index contributed by atoms with van der Waals surface area (Å²) >= 11 is 0. The zero-order chi connectivity index (χ0) is 12.3. The molecule has 2 heterocycles. The second-order valence-corrected chi connectivity index (χ2v) is 5.68. The van der Waals surface area contributed by atoms with Crippen molar-refractivity contribution in [3.8, 4) is 0 Å². The van der Waals surface area contributed by atoms with E-state index in [9.17, 15) is 4.79 Å². The molecule has 2 rings (SSSR count). The van der Waals surface area contributed by atoms with Gasteiger partial charge in [0.2, 0.25) is 5.91 Å². The van der Waals surface area contributed by atoms with Crippen LogP contribution in [0.2, 0.25) is 0 Å². The largest absolute Gasteiger partial charge is 0.384 e. The normalized spacial score (nSPS) is 29.1. The molecule has 5 heteroatoms. The second-order valence-electron chi connectivity index (χ2n) is 5.68. The van der Waals surface area contributed by atoms with Gasteiger partial charge >= 0.3 is 0 Å². The summed E-state index contributed by atoms with van der Waals surface area (Å²) in [5.41, 5.74) is -0.159. The van der Waals surface area contributed by atoms with Crippen LogP contribution in [0.25, 0.3) is 0 Å². The minimum absolute atomic E-state index is 0. The number of carbonyl (C=O) groups is 1. The predicted molar refractivity (Wildman–Crippen MR) is 74.0 cm³/mol. The summed E-state index contributed by atoms with van der Waals surface area (Å²) in [6, 6.07) is 0. The first-order valence-electron chi connectivity index (χ1n) is 6.65. The van der Waals surface area contributed by atoms with Crippen LogP contribution in [-0.4, -0.2) is 50.7 Å². The smallest absolute Gasteiger partial charge is 0.229 e. The van der Waals surface area contributed by atoms with E-state index in [1.54, 1.807) is 7.11 Å². The number of amides is 1. The molecule has 1 atom stereocenters. The lowest BCUT2D eigenvalue weighted by atomic mass is 9.86. The van der Waals surface area contributed by atoms with Gasteiger partial charge in [0.25, 0.3) is 0 Å². The number of hydrogen-bond donors (Lipinski definition) is 1. The molecule has 2 aliphatic rings. The molecule has 0 radical (unpaired) electrons. The lowest BCUT2D eigenvalue weighted by Gasteiger charge is -2.36. The van der Waals surface area contributed by atoms with E-state index in [-0.39, 0.29) is 17.8 Å². The van der Waals surface area contributed by atoms with Crippen LogP contribution in [0.15, 0.2) is 0 Å². The number of carbonyl (C=O) groups excluding carboxylic acids is 1. The first-order chi connectivity index (χ1) is 8.15. The van der Waals surface area contributed by atoms with Crippen LogP contribution >= 0.6 is 12.4 Å². The van der Waals surface area contributed by atoms with Crippen molar-refractivity contribution in [3.63, 3.8) is 0 Å². The Bertz CT molecular complexity index is 272. The van der Waals surface area contributed by atoms with Crippen molar-refractivity contribution in [2.75, 3.05) is 39.9 Å². The Labute approximate surface area is 116 Å². The maximum absolute atomic E-state index is 12.4. The maximum atomic E-state index is 12.4. The van der Waals surface area contributed by atoms with Crippen LogP contribution in [0.3, 0.4) is 0 Å². The van der Waals surface area contributed by atoms with Crippen LogP contribution in [0.1, 0.15) is 26.2 Å². The monoisotopic (exact) mass is 276 g/mol. The van der Waals surface area contributed by atoms with Crippen LogP contribution in [0, 0.1) is 11.3 Å². The molecule has 1 amide bonds. The van der Waals surface area contributed by atoms with Crippen molar-refractivity contribution >= 4 is 18.3 Å². The SMILES string of the molecule is COCC1CCN(C(=O)C2(C)CCNC2)CC1.Cl. The van der Waals surface area contributed by atoms with E-state index in [0.717, 1.165) is 52.0 Å². The van der Waals surface area contributed by atoms with Gasteiger partial charge in [-0.05, 0) is 38.6 Å². The molecule has 0 saturated carbocycles. The van der Waals surface area contributed by atoms with E-state index >= 15 is 0 Å². The third-order valence-electron chi connectivity index (χ3n) is 4.19. The Balaban J connectivity index is 0.00000162. The molecule has 2 aliphatic heterocycles. The van der Waals surface area contributed by atoms with Gasteiger partial charge < -0.3 is 15.0 Å². The van der Waals surface area contributed by atoms with Crippen molar-refractivity contribution in [2.24, 2.45) is 11.3 Å². The zero-order valence-electron chi connectivity index (χ0n) is 11.4. The van der Waals surface area contributed by atoms with E-state index in [2.05, 4.69) is 17.1 Å². The van der Waals surface area contributed by atoms with E-state index in [0.29, 0.717) is 11.8 Å². The van der Waals surface area contributed by atoms with Crippen molar-refractivity contribution < 1.29 is 9.53 Å². The fourth-order valence-electron chi connectivity index (χ4n) is 2.92. The Morgan fingerprint density at radius 1 is 1.44 bits per heavy atom. The summed E-state index contributed by atoms with van der Waals surface area (Å²) in [6.07, 6.45) is 3.15. The van der Waals surface area contributed by atoms with Crippen molar-refractivity contribution in [2.45, 2.75) is 26.2 Å². The molecule has 0 bridgehead atoms. The average Bonchev–Trinajstić information content (AvgIpc) is 2.78. The molecule has 106 valence electrons. The van der Waals surface area contributed by atoms with Crippen LogP contribution in [0.4, 0.5) is 0 Å². The summed E-state index contributed by atoms with van der Waals surface area (Å²) < 4.78 is 5.18. The highest BCUT2D eigenvalue weighted by atomic mass is 35.5. The van der Waals surface area contributed by atoms with Crippen molar-refractivity contribution in [1.82, 2.24) is 10.2 Å². The predicted octanol–water partition coefficient (Wildman–Crippen LogP) is 1.29. The van der Waals surface area contributed by atoms with Gasteiger partial charge in [-0.25, -0.2) is 0 Å². The molecule has 2 fully saturated rings. The number of rotatable bonds is 3. The Kier molecular flexibility index (Phi) is 5.89. The Morgan fingerprint density at radius 3 is 2.61 bits per heavy atom. The van der Waals surface area contributed by atoms with E-state index < -0.39 is 0 Å². The van der Waals surface area contributed by atoms with Gasteiger partial charge in [-0.1, -0.05) is 0 Å². The number of likely N-dealkylation sites (tertiary alicyclic amines) is 1. The lowest BCUT2D eigenvalue weighted by Crippen LogP contribution is -2.47. The lowest BCUT2D eigenvalue weighted by molar-refractivity contribution is -0.141. The number of nitrogens with one attached hydrogen (secondary N) is 1. The van der Waals surface area contributed by atoms with Crippen LogP contribution in [0.5, 0.6) is 0 Å². The van der Waals surface area contributed by atoms with Crippen molar-refractivity contribution in [3.05, 3.63) is 0 Å². The molecule has 0 spiro atoms. The highest BCUT2D eigenvalue weighted by Crippen LogP contribution is 2.29. The average molecular weight is 277 g/mol. The topological polar surface area (TPSA) is 41.6 Å². The fraction of sp³-hybridized carbons (Fsp3) is 0.923. The molecule has 0 aromatic carbocycles. The summed E-state index contributed by atoms with van der Waals surface area (Å²) in [5, 5.41) is 3.29. The number of methoxy groups -OCH3 is 1. The maximum Gasteiger partial charge on any atom is 0.229 e. The van der Waals surface area contributed by atoms with Gasteiger partial charge in [-0.2, -0.15) is 0 Å². The first kappa shape index (κ1) is 15.7. The van der Waals surface area contributed by atoms with Gasteiger partial charge in [-0.15, -0.1) is 12.4 Å². The Morgan fingerprint density at radius 2 is 2.11 bits per heavy atom. The molecule has 18 heavy (non-hydrogen) atoms. The van der Waals surface area contributed by atoms with Crippen molar-refractivity contribution in [1.29, 1.82) is 0 Å². The molecule has 1 unspecified atom stereocenters. The van der Waals surface area contributed by atoms with Crippen LogP contribution < -0.4 is 5.32 Å². The quantitative estimate of drug-likeness (QED) is 0.845. The summed E-state index contributed by atoms with van der Waals surface area (Å²) in [7, 11) is 1.75. The van der Waals surface area contributed by atoms with E-state index in [1.165, 1.54) is 0 Å². The summed E-state index contributed by atoms with van der Waals surface area (Å²) in [6.45, 7) is 6.55. The number of piperidine rings is 1. The van der Waals surface area contributed by atoms with Gasteiger partial charge in [0.15, 0.2) is 0 Å². The number of ether oxygens (including phenoxy) is 1. The number of nitrogens with zero attached hydrogens (tertiary/aromatic N) is 1. The number of hydrogen-bond acceptors (Lipinski definition) is 3. The second kappa shape index (κ2) is 6.73. The molecule has 1 N–H and O–H groups in total. The van der Waals surface area contributed by atoms with Gasteiger partial charge in [0.05, 0.1) is 5.41 Å².